The minimum atomic E-state index is -0.595. The zero-order valence-corrected chi connectivity index (χ0v) is 10.3. The lowest BCUT2D eigenvalue weighted by molar-refractivity contribution is -0.131. The summed E-state index contributed by atoms with van der Waals surface area (Å²) in [6.45, 7) is 2.40. The minimum absolute atomic E-state index is 0.00345. The van der Waals surface area contributed by atoms with Crippen LogP contribution in [0.2, 0.25) is 0 Å². The van der Waals surface area contributed by atoms with Crippen LogP contribution in [0.1, 0.15) is 24.3 Å². The number of amides is 1. The maximum atomic E-state index is 13.7. The first-order valence-electron chi connectivity index (χ1n) is 5.49. The van der Waals surface area contributed by atoms with Crippen LogP contribution < -0.4 is 0 Å². The molecule has 92 valence electrons. The van der Waals surface area contributed by atoms with E-state index in [2.05, 4.69) is 0 Å². The van der Waals surface area contributed by atoms with Gasteiger partial charge in [-0.2, -0.15) is 0 Å². The lowest BCUT2D eigenvalue weighted by Crippen LogP contribution is -2.30. The number of rotatable bonds is 2. The van der Waals surface area contributed by atoms with Crippen LogP contribution in [0.3, 0.4) is 0 Å². The molecule has 5 heteroatoms. The van der Waals surface area contributed by atoms with Crippen molar-refractivity contribution in [3.8, 4) is 0 Å². The molecule has 1 aliphatic heterocycles. The average molecular weight is 257 g/mol. The summed E-state index contributed by atoms with van der Waals surface area (Å²) in [6, 6.07) is 3.51. The molecule has 1 fully saturated rings. The van der Waals surface area contributed by atoms with Gasteiger partial charge in [-0.05, 0) is 6.07 Å². The summed E-state index contributed by atoms with van der Waals surface area (Å²) in [5.74, 6) is -0.391. The second-order valence-electron chi connectivity index (χ2n) is 3.83. The van der Waals surface area contributed by atoms with Gasteiger partial charge in [0.25, 0.3) is 0 Å². The Labute approximate surface area is 103 Å². The van der Waals surface area contributed by atoms with Crippen LogP contribution in [0.15, 0.2) is 18.2 Å². The van der Waals surface area contributed by atoms with Crippen molar-refractivity contribution in [2.24, 2.45) is 0 Å². The van der Waals surface area contributed by atoms with E-state index >= 15 is 0 Å². The van der Waals surface area contributed by atoms with Crippen LogP contribution in [0.25, 0.3) is 0 Å². The molecule has 2 nitrogen and oxygen atoms in total. The number of carbonyl (C=O) groups is 1. The van der Waals surface area contributed by atoms with Crippen LogP contribution in [-0.2, 0) is 4.79 Å². The van der Waals surface area contributed by atoms with Crippen molar-refractivity contribution in [3.05, 3.63) is 35.4 Å². The quantitative estimate of drug-likeness (QED) is 0.812. The van der Waals surface area contributed by atoms with Gasteiger partial charge in [-0.3, -0.25) is 4.79 Å². The number of thioether (sulfide) groups is 1. The Balaban J connectivity index is 2.29. The van der Waals surface area contributed by atoms with Crippen LogP contribution >= 0.6 is 11.8 Å². The molecule has 0 saturated carbocycles. The van der Waals surface area contributed by atoms with Crippen molar-refractivity contribution in [1.82, 2.24) is 4.90 Å². The smallest absolute Gasteiger partial charge is 0.223 e. The van der Waals surface area contributed by atoms with E-state index in [9.17, 15) is 13.6 Å². The van der Waals surface area contributed by atoms with E-state index in [1.54, 1.807) is 11.8 Å². The van der Waals surface area contributed by atoms with Gasteiger partial charge in [0.15, 0.2) is 0 Å². The first-order chi connectivity index (χ1) is 8.13. The lowest BCUT2D eigenvalue weighted by Gasteiger charge is -2.24. The van der Waals surface area contributed by atoms with Crippen molar-refractivity contribution in [1.29, 1.82) is 0 Å². The molecule has 0 spiro atoms. The summed E-state index contributed by atoms with van der Waals surface area (Å²) >= 11 is 1.51. The Kier molecular flexibility index (Phi) is 3.66. The predicted molar refractivity (Wildman–Crippen MR) is 63.6 cm³/mol. The van der Waals surface area contributed by atoms with Crippen molar-refractivity contribution < 1.29 is 13.6 Å². The van der Waals surface area contributed by atoms with Gasteiger partial charge in [0.1, 0.15) is 17.0 Å². The van der Waals surface area contributed by atoms with Crippen LogP contribution in [0, 0.1) is 11.6 Å². The van der Waals surface area contributed by atoms with Crippen molar-refractivity contribution >= 4 is 17.7 Å². The summed E-state index contributed by atoms with van der Waals surface area (Å²) in [5, 5.41) is -0.317. The molecule has 0 aliphatic carbocycles. The lowest BCUT2D eigenvalue weighted by atomic mass is 10.2. The van der Waals surface area contributed by atoms with Crippen molar-refractivity contribution in [2.75, 3.05) is 12.3 Å². The summed E-state index contributed by atoms with van der Waals surface area (Å²) in [7, 11) is 0. The maximum absolute atomic E-state index is 13.7. The molecule has 1 saturated heterocycles. The number of halogens is 2. The molecular weight excluding hydrogens is 244 g/mol. The fourth-order valence-electron chi connectivity index (χ4n) is 1.89. The van der Waals surface area contributed by atoms with Crippen LogP contribution in [0.5, 0.6) is 0 Å². The zero-order chi connectivity index (χ0) is 12.4. The highest BCUT2D eigenvalue weighted by Crippen LogP contribution is 2.39. The highest BCUT2D eigenvalue weighted by molar-refractivity contribution is 7.99. The SMILES string of the molecule is CCC(=O)N1CCSC1c1ccc(F)cc1F. The highest BCUT2D eigenvalue weighted by atomic mass is 32.2. The molecule has 1 unspecified atom stereocenters. The Morgan fingerprint density at radius 2 is 2.29 bits per heavy atom. The number of nitrogens with zero attached hydrogens (tertiary/aromatic N) is 1. The molecule has 1 atom stereocenters. The summed E-state index contributed by atoms with van der Waals surface area (Å²) in [6.07, 6.45) is 0.403. The van der Waals surface area contributed by atoms with Gasteiger partial charge >= 0.3 is 0 Å². The van der Waals surface area contributed by atoms with E-state index in [4.69, 9.17) is 0 Å². The van der Waals surface area contributed by atoms with Gasteiger partial charge in [0.05, 0.1) is 0 Å². The average Bonchev–Trinajstić information content (AvgIpc) is 2.77. The fourth-order valence-corrected chi connectivity index (χ4v) is 3.19. The molecular formula is C12H13F2NOS. The third kappa shape index (κ3) is 2.44. The standard InChI is InChI=1S/C12H13F2NOS/c1-2-11(16)15-5-6-17-12(15)9-4-3-8(13)7-10(9)14/h3-4,7,12H,2,5-6H2,1H3. The van der Waals surface area contributed by atoms with Crippen molar-refractivity contribution in [3.63, 3.8) is 0 Å². The molecule has 0 bridgehead atoms. The highest BCUT2D eigenvalue weighted by Gasteiger charge is 2.31. The Morgan fingerprint density at radius 3 is 2.94 bits per heavy atom. The first-order valence-corrected chi connectivity index (χ1v) is 6.54. The number of carbonyl (C=O) groups excluding carboxylic acids is 1. The number of benzene rings is 1. The van der Waals surface area contributed by atoms with Gasteiger partial charge in [0.2, 0.25) is 5.91 Å². The van der Waals surface area contributed by atoms with E-state index in [1.807, 2.05) is 0 Å². The summed E-state index contributed by atoms with van der Waals surface area (Å²) in [5.41, 5.74) is 0.385. The first kappa shape index (κ1) is 12.4. The predicted octanol–water partition coefficient (Wildman–Crippen LogP) is 2.95. The normalized spacial score (nSPS) is 19.7. The fraction of sp³-hybridized carbons (Fsp3) is 0.417. The van der Waals surface area contributed by atoms with E-state index in [0.717, 1.165) is 11.8 Å². The largest absolute Gasteiger partial charge is 0.326 e. The van der Waals surface area contributed by atoms with E-state index < -0.39 is 11.6 Å². The van der Waals surface area contributed by atoms with Gasteiger partial charge in [-0.25, -0.2) is 8.78 Å². The Hall–Kier alpha value is -1.10. The third-order valence-corrected chi connectivity index (χ3v) is 3.98. The molecule has 1 aromatic carbocycles. The Bertz CT molecular complexity index is 439. The van der Waals surface area contributed by atoms with Gasteiger partial charge in [-0.1, -0.05) is 13.0 Å². The van der Waals surface area contributed by atoms with Crippen molar-refractivity contribution in [2.45, 2.75) is 18.7 Å². The molecule has 1 heterocycles. The monoisotopic (exact) mass is 257 g/mol. The molecule has 2 rings (SSSR count). The number of hydrogen-bond donors (Lipinski definition) is 0. The zero-order valence-electron chi connectivity index (χ0n) is 9.45. The second-order valence-corrected chi connectivity index (χ2v) is 5.02. The van der Waals surface area contributed by atoms with E-state index in [0.29, 0.717) is 18.5 Å². The van der Waals surface area contributed by atoms with Crippen LogP contribution in [0.4, 0.5) is 8.78 Å². The molecule has 0 N–H and O–H groups in total. The van der Waals surface area contributed by atoms with Gasteiger partial charge in [-0.15, -0.1) is 11.8 Å². The molecule has 1 aromatic rings. The number of hydrogen-bond acceptors (Lipinski definition) is 2. The van der Waals surface area contributed by atoms with E-state index in [-0.39, 0.29) is 11.3 Å². The summed E-state index contributed by atoms with van der Waals surface area (Å²) < 4.78 is 26.5. The summed E-state index contributed by atoms with van der Waals surface area (Å²) in [4.78, 5) is 13.3. The molecule has 1 aliphatic rings. The van der Waals surface area contributed by atoms with Crippen LogP contribution in [-0.4, -0.2) is 23.1 Å². The second kappa shape index (κ2) is 5.04. The molecule has 1 amide bonds. The topological polar surface area (TPSA) is 20.3 Å². The molecule has 0 aromatic heterocycles. The molecule has 0 radical (unpaired) electrons. The third-order valence-electron chi connectivity index (χ3n) is 2.74. The van der Waals surface area contributed by atoms with Gasteiger partial charge in [0, 0.05) is 30.3 Å². The minimum Gasteiger partial charge on any atom is -0.326 e. The van der Waals surface area contributed by atoms with E-state index in [1.165, 1.54) is 23.9 Å². The van der Waals surface area contributed by atoms with Gasteiger partial charge < -0.3 is 4.90 Å². The Morgan fingerprint density at radius 1 is 1.53 bits per heavy atom. The molecule has 17 heavy (non-hydrogen) atoms. The maximum Gasteiger partial charge on any atom is 0.223 e.